The molecule has 1 aromatic heterocycles. The summed E-state index contributed by atoms with van der Waals surface area (Å²) in [4.78, 5) is 23.0. The topological polar surface area (TPSA) is 107 Å². The first-order valence-electron chi connectivity index (χ1n) is 13.4. The van der Waals surface area contributed by atoms with Gasteiger partial charge in [-0.15, -0.1) is 0 Å². The van der Waals surface area contributed by atoms with E-state index in [4.69, 9.17) is 0 Å². The second-order valence-corrected chi connectivity index (χ2v) is 12.7. The number of aryl methyl sites for hydroxylation is 1. The second-order valence-electron chi connectivity index (χ2n) is 10.9. The number of imidazole rings is 1. The van der Waals surface area contributed by atoms with Crippen molar-refractivity contribution in [2.24, 2.45) is 5.92 Å². The van der Waals surface area contributed by atoms with Gasteiger partial charge in [0.2, 0.25) is 15.9 Å². The summed E-state index contributed by atoms with van der Waals surface area (Å²) in [7, 11) is -3.69. The van der Waals surface area contributed by atoms with Gasteiger partial charge in [-0.2, -0.15) is 0 Å². The highest BCUT2D eigenvalue weighted by Crippen LogP contribution is 2.25. The Balaban J connectivity index is 1.75. The molecule has 3 N–H and O–H groups in total. The molecular weight excluding hydrogens is 505 g/mol. The van der Waals surface area contributed by atoms with Crippen molar-refractivity contribution in [3.63, 3.8) is 0 Å². The maximum Gasteiger partial charge on any atom is 0.239 e. The van der Waals surface area contributed by atoms with Gasteiger partial charge in [-0.05, 0) is 70.1 Å². The number of carbonyl (C=O) groups excluding carboxylic acids is 1. The molecule has 2 heterocycles. The zero-order valence-corrected chi connectivity index (χ0v) is 24.0. The number of sulfonamides is 1. The summed E-state index contributed by atoms with van der Waals surface area (Å²) in [5.74, 6) is -0.220. The molecule has 10 heteroatoms. The number of piperidine rings is 1. The van der Waals surface area contributed by atoms with E-state index in [1.165, 1.54) is 12.3 Å². The number of aromatic amines is 1. The monoisotopic (exact) mass is 547 g/mol. The van der Waals surface area contributed by atoms with Gasteiger partial charge in [0, 0.05) is 30.3 Å². The maximum atomic E-state index is 14.4. The highest BCUT2D eigenvalue weighted by atomic mass is 32.2. The molecule has 1 aromatic carbocycles. The molecule has 1 saturated heterocycles. The highest BCUT2D eigenvalue weighted by Gasteiger charge is 2.30. The van der Waals surface area contributed by atoms with Gasteiger partial charge in [-0.1, -0.05) is 26.5 Å². The Hall–Kier alpha value is -2.72. The first-order chi connectivity index (χ1) is 17.9. The Morgan fingerprint density at radius 3 is 2.68 bits per heavy atom. The molecule has 0 spiro atoms. The highest BCUT2D eigenvalue weighted by molar-refractivity contribution is 7.89. The van der Waals surface area contributed by atoms with E-state index in [1.807, 2.05) is 26.8 Å². The van der Waals surface area contributed by atoms with E-state index in [0.717, 1.165) is 37.1 Å². The van der Waals surface area contributed by atoms with Crippen molar-refractivity contribution < 1.29 is 17.6 Å². The Morgan fingerprint density at radius 2 is 2.03 bits per heavy atom. The number of carbonyl (C=O) groups is 1. The zero-order chi connectivity index (χ0) is 28.0. The average Bonchev–Trinajstić information content (AvgIpc) is 3.32. The number of rotatable bonds is 12. The van der Waals surface area contributed by atoms with E-state index in [1.54, 1.807) is 13.0 Å². The molecule has 210 valence electrons. The third-order valence-electron chi connectivity index (χ3n) is 7.03. The third kappa shape index (κ3) is 8.14. The van der Waals surface area contributed by atoms with Crippen LogP contribution in [0.4, 0.5) is 4.39 Å². The minimum absolute atomic E-state index is 0.0553. The third-order valence-corrected chi connectivity index (χ3v) is 8.45. The van der Waals surface area contributed by atoms with Crippen LogP contribution in [0, 0.1) is 18.7 Å². The summed E-state index contributed by atoms with van der Waals surface area (Å²) in [5.41, 5.74) is 2.44. The van der Waals surface area contributed by atoms with Gasteiger partial charge in [-0.3, -0.25) is 4.79 Å². The Morgan fingerprint density at radius 1 is 1.29 bits per heavy atom. The number of hydrogen-bond donors (Lipinski definition) is 3. The SMILES string of the molecule is C=C(C[C@H](NS(=O)(=O)CCC(C)C)C(=O)N[C@@H](C)c1ncc(-c2ccc(C)cc2F)[nH]1)N1CCCC[C@@H]1C. The fourth-order valence-corrected chi connectivity index (χ4v) is 6.21. The van der Waals surface area contributed by atoms with E-state index in [2.05, 4.69) is 38.4 Å². The van der Waals surface area contributed by atoms with Crippen LogP contribution in [0.5, 0.6) is 0 Å². The summed E-state index contributed by atoms with van der Waals surface area (Å²) in [6, 6.07) is 3.67. The van der Waals surface area contributed by atoms with Crippen molar-refractivity contribution in [3.8, 4) is 11.3 Å². The van der Waals surface area contributed by atoms with Crippen molar-refractivity contribution in [1.29, 1.82) is 0 Å². The molecule has 3 atom stereocenters. The normalized spacial score (nSPS) is 17.9. The number of amides is 1. The minimum Gasteiger partial charge on any atom is -0.373 e. The summed E-state index contributed by atoms with van der Waals surface area (Å²) in [6.07, 6.45) is 5.41. The summed E-state index contributed by atoms with van der Waals surface area (Å²) < 4.78 is 42.8. The molecule has 1 fully saturated rings. The standard InChI is InChI=1S/C28H42FN5O3S/c1-18(2)12-14-38(36,37)33-25(16-21(5)34-13-8-7-9-20(34)4)28(35)31-22(6)27-30-17-26(32-27)23-11-10-19(3)15-24(23)29/h10-11,15,17-18,20,22,25,33H,5,7-9,12-14,16H2,1-4,6H3,(H,30,32)(H,31,35)/t20-,22-,25-/m0/s1. The maximum absolute atomic E-state index is 14.4. The number of benzene rings is 1. The lowest BCUT2D eigenvalue weighted by Gasteiger charge is -2.37. The fraction of sp³-hybridized carbons (Fsp3) is 0.571. The van der Waals surface area contributed by atoms with Crippen LogP contribution in [0.25, 0.3) is 11.3 Å². The summed E-state index contributed by atoms with van der Waals surface area (Å²) >= 11 is 0. The quantitative estimate of drug-likeness (QED) is 0.353. The number of aromatic nitrogens is 2. The predicted molar refractivity (Wildman–Crippen MR) is 149 cm³/mol. The largest absolute Gasteiger partial charge is 0.373 e. The van der Waals surface area contributed by atoms with Gasteiger partial charge < -0.3 is 15.2 Å². The van der Waals surface area contributed by atoms with E-state index < -0.39 is 28.0 Å². The lowest BCUT2D eigenvalue weighted by molar-refractivity contribution is -0.123. The van der Waals surface area contributed by atoms with Crippen LogP contribution in [0.2, 0.25) is 0 Å². The molecule has 0 radical (unpaired) electrons. The van der Waals surface area contributed by atoms with Crippen molar-refractivity contribution in [3.05, 3.63) is 53.9 Å². The number of nitrogens with zero attached hydrogens (tertiary/aromatic N) is 2. The van der Waals surface area contributed by atoms with Crippen LogP contribution in [0.3, 0.4) is 0 Å². The predicted octanol–water partition coefficient (Wildman–Crippen LogP) is 4.81. The fourth-order valence-electron chi connectivity index (χ4n) is 4.69. The van der Waals surface area contributed by atoms with Crippen molar-refractivity contribution in [2.45, 2.75) is 84.8 Å². The Kier molecular flexibility index (Phi) is 10.1. The minimum atomic E-state index is -3.69. The van der Waals surface area contributed by atoms with Gasteiger partial charge in [0.05, 0.1) is 23.7 Å². The van der Waals surface area contributed by atoms with Crippen molar-refractivity contribution in [1.82, 2.24) is 24.9 Å². The van der Waals surface area contributed by atoms with Gasteiger partial charge in [0.15, 0.2) is 0 Å². The van der Waals surface area contributed by atoms with Crippen LogP contribution >= 0.6 is 0 Å². The summed E-state index contributed by atoms with van der Waals surface area (Å²) in [6.45, 7) is 14.7. The first-order valence-corrected chi connectivity index (χ1v) is 15.1. The molecule has 2 aromatic rings. The zero-order valence-electron chi connectivity index (χ0n) is 23.2. The molecule has 1 amide bonds. The molecular formula is C28H42FN5O3S. The van der Waals surface area contributed by atoms with Gasteiger partial charge >= 0.3 is 0 Å². The van der Waals surface area contributed by atoms with E-state index in [-0.39, 0.29) is 23.9 Å². The van der Waals surface area contributed by atoms with Gasteiger partial charge in [-0.25, -0.2) is 22.5 Å². The number of likely N-dealkylation sites (tertiary alicyclic amines) is 1. The van der Waals surface area contributed by atoms with Crippen LogP contribution in [0.15, 0.2) is 36.7 Å². The molecule has 38 heavy (non-hydrogen) atoms. The Labute approximate surface area is 226 Å². The summed E-state index contributed by atoms with van der Waals surface area (Å²) in [5, 5.41) is 2.88. The van der Waals surface area contributed by atoms with Crippen LogP contribution in [0.1, 0.15) is 77.2 Å². The second kappa shape index (κ2) is 12.9. The molecule has 0 saturated carbocycles. The van der Waals surface area contributed by atoms with Gasteiger partial charge in [0.1, 0.15) is 17.7 Å². The number of nitrogens with one attached hydrogen (secondary N) is 3. The van der Waals surface area contributed by atoms with E-state index >= 15 is 0 Å². The first kappa shape index (κ1) is 29.8. The number of H-pyrrole nitrogens is 1. The number of hydrogen-bond acceptors (Lipinski definition) is 5. The van der Waals surface area contributed by atoms with E-state index in [9.17, 15) is 17.6 Å². The van der Waals surface area contributed by atoms with Gasteiger partial charge in [0.25, 0.3) is 0 Å². The van der Waals surface area contributed by atoms with Crippen LogP contribution in [-0.2, 0) is 14.8 Å². The molecule has 3 rings (SSSR count). The van der Waals surface area contributed by atoms with Crippen LogP contribution in [-0.4, -0.2) is 53.6 Å². The lowest BCUT2D eigenvalue weighted by atomic mass is 10.0. The lowest BCUT2D eigenvalue weighted by Crippen LogP contribution is -2.49. The van der Waals surface area contributed by atoms with E-state index in [0.29, 0.717) is 29.5 Å². The molecule has 0 aliphatic carbocycles. The smallest absolute Gasteiger partial charge is 0.239 e. The Bertz CT molecular complexity index is 1230. The molecule has 8 nitrogen and oxygen atoms in total. The van der Waals surface area contributed by atoms with Crippen LogP contribution < -0.4 is 10.0 Å². The van der Waals surface area contributed by atoms with Crippen molar-refractivity contribution >= 4 is 15.9 Å². The molecule has 0 bridgehead atoms. The molecule has 0 unspecified atom stereocenters. The average molecular weight is 548 g/mol. The molecule has 1 aliphatic heterocycles. The number of halogens is 1. The molecule has 1 aliphatic rings. The van der Waals surface area contributed by atoms with Crippen molar-refractivity contribution in [2.75, 3.05) is 12.3 Å².